The highest BCUT2D eigenvalue weighted by Gasteiger charge is 2.29. The standard InChI is InChI=1S/C65H126N4O8/c1-7-10-13-16-19-22-25-28-31-34-37-40-55-75-63(71)44-48-66(47-43-62(70)74-6)51-53-68-58-61(5)69(59-60(68)4)54-52-67(49-45-64(72)76-56-41-38-35-32-29-26-23-20-17-14-11-8-2)50-46-65(73)77-57-42-39-36-33-30-27-24-21-18-15-12-9-3/h60-61H,7-59H2,1-6H3/t60-,61+/m0/s1. The van der Waals surface area contributed by atoms with Gasteiger partial charge in [-0.3, -0.25) is 29.0 Å². The minimum Gasteiger partial charge on any atom is -0.469 e. The molecule has 0 aromatic heterocycles. The number of rotatable bonds is 57. The molecule has 1 rings (SSSR count). The largest absolute Gasteiger partial charge is 0.469 e. The summed E-state index contributed by atoms with van der Waals surface area (Å²) in [6.45, 7) is 20.0. The molecule has 0 aliphatic carbocycles. The number of unbranched alkanes of at least 4 members (excludes halogenated alkanes) is 33. The normalized spacial score (nSPS) is 15.2. The number of carbonyl (C=O) groups excluding carboxylic acids is 4. The number of carbonyl (C=O) groups is 4. The Morgan fingerprint density at radius 3 is 0.792 bits per heavy atom. The number of hydrogen-bond acceptors (Lipinski definition) is 12. The van der Waals surface area contributed by atoms with Crippen molar-refractivity contribution in [3.8, 4) is 0 Å². The Labute approximate surface area is 475 Å². The van der Waals surface area contributed by atoms with Crippen LogP contribution in [0.4, 0.5) is 0 Å². The van der Waals surface area contributed by atoms with Gasteiger partial charge in [0.2, 0.25) is 0 Å². The van der Waals surface area contributed by atoms with E-state index in [4.69, 9.17) is 18.9 Å². The van der Waals surface area contributed by atoms with Crippen molar-refractivity contribution in [2.45, 2.75) is 304 Å². The maximum absolute atomic E-state index is 13.0. The average Bonchev–Trinajstić information content (AvgIpc) is 3.43. The lowest BCUT2D eigenvalue weighted by Gasteiger charge is -2.45. The summed E-state index contributed by atoms with van der Waals surface area (Å²) in [6.07, 6.45) is 47.1. The van der Waals surface area contributed by atoms with Crippen molar-refractivity contribution in [3.05, 3.63) is 0 Å². The maximum Gasteiger partial charge on any atom is 0.307 e. The van der Waals surface area contributed by atoms with Crippen molar-refractivity contribution in [1.82, 2.24) is 19.6 Å². The van der Waals surface area contributed by atoms with Crippen molar-refractivity contribution in [1.29, 1.82) is 0 Å². The molecule has 2 atom stereocenters. The topological polar surface area (TPSA) is 118 Å². The second kappa shape index (κ2) is 54.3. The molecule has 1 heterocycles. The van der Waals surface area contributed by atoms with Gasteiger partial charge in [0.15, 0.2) is 0 Å². The average molecular weight is 1090 g/mol. The van der Waals surface area contributed by atoms with Gasteiger partial charge in [-0.2, -0.15) is 0 Å². The molecule has 0 saturated carbocycles. The maximum atomic E-state index is 13.0. The van der Waals surface area contributed by atoms with Gasteiger partial charge in [-0.05, 0) is 33.1 Å². The Morgan fingerprint density at radius 1 is 0.338 bits per heavy atom. The van der Waals surface area contributed by atoms with Gasteiger partial charge in [-0.1, -0.05) is 233 Å². The van der Waals surface area contributed by atoms with E-state index in [0.29, 0.717) is 77.3 Å². The molecule has 0 aromatic rings. The Balaban J connectivity index is 2.59. The van der Waals surface area contributed by atoms with E-state index in [2.05, 4.69) is 54.2 Å². The van der Waals surface area contributed by atoms with Crippen LogP contribution in [-0.2, 0) is 38.1 Å². The molecule has 0 N–H and O–H groups in total. The van der Waals surface area contributed by atoms with E-state index < -0.39 is 0 Å². The predicted octanol–water partition coefficient (Wildman–Crippen LogP) is 15.5. The van der Waals surface area contributed by atoms with Crippen LogP contribution in [0.1, 0.15) is 291 Å². The third-order valence-corrected chi connectivity index (χ3v) is 16.2. The first-order valence-electron chi connectivity index (χ1n) is 33.1. The predicted molar refractivity (Wildman–Crippen MR) is 322 cm³/mol. The quantitative estimate of drug-likeness (QED) is 0.0328. The fourth-order valence-electron chi connectivity index (χ4n) is 10.8. The van der Waals surface area contributed by atoms with E-state index in [1.807, 2.05) is 0 Å². The van der Waals surface area contributed by atoms with Crippen molar-refractivity contribution >= 4 is 23.9 Å². The molecule has 1 fully saturated rings. The summed E-state index contributed by atoms with van der Waals surface area (Å²) in [7, 11) is 1.42. The number of esters is 4. The summed E-state index contributed by atoms with van der Waals surface area (Å²) in [5.41, 5.74) is 0. The van der Waals surface area contributed by atoms with E-state index in [9.17, 15) is 19.2 Å². The van der Waals surface area contributed by atoms with Crippen LogP contribution < -0.4 is 0 Å². The molecule has 0 bridgehead atoms. The van der Waals surface area contributed by atoms with E-state index in [1.165, 1.54) is 200 Å². The molecule has 0 aromatic carbocycles. The summed E-state index contributed by atoms with van der Waals surface area (Å²) in [6, 6.07) is 0.626. The van der Waals surface area contributed by atoms with Crippen molar-refractivity contribution in [3.63, 3.8) is 0 Å². The lowest BCUT2D eigenvalue weighted by Crippen LogP contribution is -2.58. The minimum absolute atomic E-state index is 0.157. The highest BCUT2D eigenvalue weighted by atomic mass is 16.5. The van der Waals surface area contributed by atoms with Crippen LogP contribution in [-0.4, -0.2) is 148 Å². The molecular formula is C65H126N4O8. The summed E-state index contributed by atoms with van der Waals surface area (Å²) in [4.78, 5) is 60.4. The molecular weight excluding hydrogens is 965 g/mol. The molecule has 0 spiro atoms. The molecule has 77 heavy (non-hydrogen) atoms. The van der Waals surface area contributed by atoms with Crippen LogP contribution in [0.25, 0.3) is 0 Å². The lowest BCUT2D eigenvalue weighted by atomic mass is 10.1. The third kappa shape index (κ3) is 46.1. The van der Waals surface area contributed by atoms with Gasteiger partial charge >= 0.3 is 23.9 Å². The number of nitrogens with zero attached hydrogens (tertiary/aromatic N) is 4. The molecule has 12 nitrogen and oxygen atoms in total. The van der Waals surface area contributed by atoms with Gasteiger partial charge in [0.1, 0.15) is 0 Å². The highest BCUT2D eigenvalue weighted by Crippen LogP contribution is 2.18. The molecule has 0 radical (unpaired) electrons. The second-order valence-electron chi connectivity index (χ2n) is 23.3. The monoisotopic (exact) mass is 1090 g/mol. The zero-order chi connectivity index (χ0) is 56.1. The van der Waals surface area contributed by atoms with Crippen LogP contribution >= 0.6 is 0 Å². The molecule has 0 amide bonds. The summed E-state index contributed by atoms with van der Waals surface area (Å²) in [5.74, 6) is -0.724. The van der Waals surface area contributed by atoms with E-state index in [1.54, 1.807) is 0 Å². The van der Waals surface area contributed by atoms with Gasteiger partial charge in [-0.25, -0.2) is 0 Å². The van der Waals surface area contributed by atoms with E-state index in [0.717, 1.165) is 77.8 Å². The van der Waals surface area contributed by atoms with Gasteiger partial charge in [-0.15, -0.1) is 0 Å². The number of ether oxygens (including phenoxy) is 4. The first-order valence-corrected chi connectivity index (χ1v) is 33.1. The van der Waals surface area contributed by atoms with Gasteiger partial charge in [0, 0.05) is 77.5 Å². The zero-order valence-corrected chi connectivity index (χ0v) is 51.7. The van der Waals surface area contributed by atoms with Crippen LogP contribution in [0.5, 0.6) is 0 Å². The number of methoxy groups -OCH3 is 1. The second-order valence-corrected chi connectivity index (χ2v) is 23.3. The molecule has 454 valence electrons. The molecule has 1 aliphatic heterocycles. The first-order chi connectivity index (χ1) is 37.6. The van der Waals surface area contributed by atoms with Gasteiger partial charge < -0.3 is 28.7 Å². The SMILES string of the molecule is CCCCCCCCCCCCCCOC(=O)CCN(CCC(=O)OCCCCCCCCCCCCCC)CCN1C[C@H](C)N(CCN(CCC(=O)OC)CCC(=O)OCCCCCCCCCCCCCC)C[C@H]1C. The van der Waals surface area contributed by atoms with E-state index in [-0.39, 0.29) is 30.3 Å². The Bertz CT molecular complexity index is 1310. The lowest BCUT2D eigenvalue weighted by molar-refractivity contribution is -0.145. The molecule has 1 aliphatic rings. The number of hydrogen-bond donors (Lipinski definition) is 0. The van der Waals surface area contributed by atoms with Gasteiger partial charge in [0.05, 0.1) is 52.6 Å². The fraction of sp³-hybridized carbons (Fsp3) is 0.938. The zero-order valence-electron chi connectivity index (χ0n) is 51.7. The Morgan fingerprint density at radius 2 is 0.558 bits per heavy atom. The molecule has 12 heteroatoms. The third-order valence-electron chi connectivity index (χ3n) is 16.2. The smallest absolute Gasteiger partial charge is 0.307 e. The summed E-state index contributed by atoms with van der Waals surface area (Å²) >= 11 is 0. The molecule has 0 unspecified atom stereocenters. The van der Waals surface area contributed by atoms with Crippen LogP contribution in [0.3, 0.4) is 0 Å². The van der Waals surface area contributed by atoms with Crippen LogP contribution in [0.2, 0.25) is 0 Å². The van der Waals surface area contributed by atoms with Crippen molar-refractivity contribution in [2.24, 2.45) is 0 Å². The summed E-state index contributed by atoms with van der Waals surface area (Å²) < 4.78 is 22.0. The van der Waals surface area contributed by atoms with E-state index >= 15 is 0 Å². The first kappa shape index (κ1) is 72.7. The van der Waals surface area contributed by atoms with Gasteiger partial charge in [0.25, 0.3) is 0 Å². The van der Waals surface area contributed by atoms with Crippen molar-refractivity contribution < 1.29 is 38.1 Å². The Kier molecular flexibility index (Phi) is 51.3. The van der Waals surface area contributed by atoms with Crippen LogP contribution in [0.15, 0.2) is 0 Å². The van der Waals surface area contributed by atoms with Crippen molar-refractivity contribution in [2.75, 3.05) is 92.4 Å². The Hall–Kier alpha value is -2.28. The highest BCUT2D eigenvalue weighted by molar-refractivity contribution is 5.70. The summed E-state index contributed by atoms with van der Waals surface area (Å²) in [5, 5.41) is 0. The minimum atomic E-state index is -0.243. The van der Waals surface area contributed by atoms with Crippen LogP contribution in [0, 0.1) is 0 Å². The number of piperazine rings is 1. The molecule has 1 saturated heterocycles. The fourth-order valence-corrected chi connectivity index (χ4v) is 10.8.